The smallest absolute Gasteiger partial charge is 0.341 e. The quantitative estimate of drug-likeness (QED) is 0.320. The van der Waals surface area contributed by atoms with Gasteiger partial charge in [-0.2, -0.15) is 9.27 Å². The van der Waals surface area contributed by atoms with Crippen molar-refractivity contribution in [3.05, 3.63) is 64.9 Å². The highest BCUT2D eigenvalue weighted by atomic mass is 35.5. The number of hydrogen-bond donors (Lipinski definition) is 2. The molecule has 0 bridgehead atoms. The molecule has 0 aliphatic rings. The van der Waals surface area contributed by atoms with Gasteiger partial charge in [0, 0.05) is 40.5 Å². The number of rotatable bonds is 4. The molecule has 27 heavy (non-hydrogen) atoms. The molecule has 2 aromatic carbocycles. The molecule has 0 aliphatic heterocycles. The van der Waals surface area contributed by atoms with Gasteiger partial charge in [0.2, 0.25) is 4.90 Å². The molecule has 0 radical (unpaired) electrons. The Labute approximate surface area is 167 Å². The fourth-order valence-electron chi connectivity index (χ4n) is 3.28. The van der Waals surface area contributed by atoms with Crippen LogP contribution in [0.2, 0.25) is 10.3 Å². The predicted molar refractivity (Wildman–Crippen MR) is 112 cm³/mol. The lowest BCUT2D eigenvalue weighted by Crippen LogP contribution is -2.20. The van der Waals surface area contributed by atoms with Crippen molar-refractivity contribution in [2.75, 3.05) is 4.72 Å². The second-order valence-electron chi connectivity index (χ2n) is 6.07. The maximum Gasteiger partial charge on any atom is 0.346 e. The van der Waals surface area contributed by atoms with Crippen LogP contribution in [0.5, 0.6) is 0 Å². The van der Waals surface area contributed by atoms with Gasteiger partial charge in [0.25, 0.3) is 0 Å². The summed E-state index contributed by atoms with van der Waals surface area (Å²) in [5.74, 6) is 0. The Morgan fingerprint density at radius 3 is 2.41 bits per heavy atom. The summed E-state index contributed by atoms with van der Waals surface area (Å²) in [5.41, 5.74) is 2.73. The van der Waals surface area contributed by atoms with Crippen LogP contribution in [0.15, 0.2) is 59.5 Å². The largest absolute Gasteiger partial charge is 0.346 e. The molecule has 2 N–H and O–H groups in total. The Kier molecular flexibility index (Phi) is 4.60. The molecule has 1 unspecified atom stereocenters. The molecule has 8 heteroatoms. The maximum atomic E-state index is 12.8. The van der Waals surface area contributed by atoms with E-state index >= 15 is 0 Å². The highest BCUT2D eigenvalue weighted by Gasteiger charge is 2.31. The van der Waals surface area contributed by atoms with Gasteiger partial charge in [-0.15, -0.1) is 0 Å². The predicted octanol–water partition coefficient (Wildman–Crippen LogP) is 5.87. The van der Waals surface area contributed by atoms with Gasteiger partial charge in [-0.05, 0) is 35.4 Å². The normalized spacial score (nSPS) is 13.8. The van der Waals surface area contributed by atoms with Crippen LogP contribution in [-0.2, 0) is 21.2 Å². The van der Waals surface area contributed by atoms with Gasteiger partial charge < -0.3 is 4.57 Å². The Hall–Kier alpha value is -2.12. The monoisotopic (exact) mass is 420 g/mol. The molecule has 4 rings (SSSR count). The number of hydrogen-bond acceptors (Lipinski definition) is 2. The SMILES string of the molecule is CCn1c2ccccc2c2cc(N[S+](=O)(O)c3cc(Cl)nc(Cl)c3)ccc21. The van der Waals surface area contributed by atoms with E-state index in [1.54, 1.807) is 6.07 Å². The van der Waals surface area contributed by atoms with Gasteiger partial charge in [-0.1, -0.05) is 41.4 Å². The summed E-state index contributed by atoms with van der Waals surface area (Å²) in [6.07, 6.45) is 0. The fraction of sp³-hybridized carbons (Fsp3) is 0.105. The number of para-hydroxylation sites is 1. The van der Waals surface area contributed by atoms with E-state index < -0.39 is 10.4 Å². The highest BCUT2D eigenvalue weighted by molar-refractivity contribution is 7.99. The summed E-state index contributed by atoms with van der Waals surface area (Å²) in [4.78, 5) is 3.88. The van der Waals surface area contributed by atoms with E-state index in [0.29, 0.717) is 5.69 Å². The van der Waals surface area contributed by atoms with E-state index in [1.807, 2.05) is 30.3 Å². The number of halogens is 2. The van der Waals surface area contributed by atoms with E-state index in [-0.39, 0.29) is 15.2 Å². The second-order valence-corrected chi connectivity index (χ2v) is 8.57. The maximum absolute atomic E-state index is 12.8. The first-order valence-corrected chi connectivity index (χ1v) is 10.5. The molecule has 2 aromatic heterocycles. The zero-order valence-electron chi connectivity index (χ0n) is 14.3. The van der Waals surface area contributed by atoms with Crippen LogP contribution >= 0.6 is 23.2 Å². The van der Waals surface area contributed by atoms with Gasteiger partial charge in [0.1, 0.15) is 10.3 Å². The molecular formula is C19H16Cl2N3O2S+. The van der Waals surface area contributed by atoms with Gasteiger partial charge >= 0.3 is 10.4 Å². The van der Waals surface area contributed by atoms with Crippen molar-refractivity contribution in [3.8, 4) is 0 Å². The Morgan fingerprint density at radius 1 is 1.04 bits per heavy atom. The zero-order valence-corrected chi connectivity index (χ0v) is 16.6. The topological polar surface area (TPSA) is 67.2 Å². The summed E-state index contributed by atoms with van der Waals surface area (Å²) in [6, 6.07) is 16.4. The fourth-order valence-corrected chi connectivity index (χ4v) is 4.98. The number of pyridine rings is 1. The van der Waals surface area contributed by atoms with Gasteiger partial charge in [0.05, 0.1) is 5.69 Å². The Bertz CT molecular complexity index is 1200. The van der Waals surface area contributed by atoms with E-state index in [1.165, 1.54) is 12.1 Å². The lowest BCUT2D eigenvalue weighted by molar-refractivity contribution is 0.502. The lowest BCUT2D eigenvalue weighted by atomic mass is 10.1. The third kappa shape index (κ3) is 3.30. The van der Waals surface area contributed by atoms with E-state index in [9.17, 15) is 8.76 Å². The molecule has 5 nitrogen and oxygen atoms in total. The van der Waals surface area contributed by atoms with Crippen molar-refractivity contribution in [2.45, 2.75) is 18.4 Å². The summed E-state index contributed by atoms with van der Waals surface area (Å²) in [5, 5.41) is 2.22. The molecule has 0 amide bonds. The molecule has 0 fully saturated rings. The summed E-state index contributed by atoms with van der Waals surface area (Å²) >= 11 is 11.7. The third-order valence-corrected chi connectivity index (χ3v) is 6.17. The highest BCUT2D eigenvalue weighted by Crippen LogP contribution is 2.32. The van der Waals surface area contributed by atoms with Crippen molar-refractivity contribution in [1.29, 1.82) is 0 Å². The average molecular weight is 421 g/mol. The Morgan fingerprint density at radius 2 is 1.70 bits per heavy atom. The average Bonchev–Trinajstić information content (AvgIpc) is 2.94. The first kappa shape index (κ1) is 18.3. The molecule has 0 spiro atoms. The minimum Gasteiger partial charge on any atom is -0.341 e. The third-order valence-electron chi connectivity index (χ3n) is 4.40. The molecule has 0 saturated heterocycles. The number of nitrogens with zero attached hydrogens (tertiary/aromatic N) is 2. The minimum atomic E-state index is -3.59. The minimum absolute atomic E-state index is 0.0579. The van der Waals surface area contributed by atoms with Crippen LogP contribution in [0, 0.1) is 0 Å². The van der Waals surface area contributed by atoms with Gasteiger partial charge in [-0.25, -0.2) is 4.98 Å². The van der Waals surface area contributed by atoms with Crippen molar-refractivity contribution in [2.24, 2.45) is 0 Å². The number of fused-ring (bicyclic) bond motifs is 3. The van der Waals surface area contributed by atoms with Gasteiger partial charge in [0.15, 0.2) is 0 Å². The van der Waals surface area contributed by atoms with Crippen LogP contribution in [-0.4, -0.2) is 14.1 Å². The summed E-state index contributed by atoms with van der Waals surface area (Å²) in [7, 11) is -3.59. The number of nitrogens with one attached hydrogen (secondary N) is 1. The number of anilines is 1. The number of aromatic nitrogens is 2. The molecule has 1 atom stereocenters. The summed E-state index contributed by atoms with van der Waals surface area (Å²) in [6.45, 7) is 2.93. The number of benzene rings is 2. The standard InChI is InChI=1S/C19H15Cl2N3O2S/c1-2-24-16-6-4-3-5-14(16)15-9-12(7-8-17(15)24)23-27(25,26)13-10-18(20)22-19(21)11-13/h3-11H,2H2,1H3,(H-,23,25,26)/p+1. The molecule has 4 aromatic rings. The molecule has 2 heterocycles. The van der Waals surface area contributed by atoms with Crippen molar-refractivity contribution >= 4 is 61.1 Å². The lowest BCUT2D eigenvalue weighted by Gasteiger charge is -2.08. The first-order valence-electron chi connectivity index (χ1n) is 8.27. The Balaban J connectivity index is 1.80. The van der Waals surface area contributed by atoms with Crippen molar-refractivity contribution in [3.63, 3.8) is 0 Å². The second kappa shape index (κ2) is 6.80. The van der Waals surface area contributed by atoms with E-state index in [0.717, 1.165) is 28.4 Å². The first-order chi connectivity index (χ1) is 12.9. The molecule has 0 aliphatic carbocycles. The van der Waals surface area contributed by atoms with Crippen LogP contribution in [0.3, 0.4) is 0 Å². The van der Waals surface area contributed by atoms with Crippen LogP contribution in [0.4, 0.5) is 5.69 Å². The van der Waals surface area contributed by atoms with E-state index in [2.05, 4.69) is 27.3 Å². The molecular weight excluding hydrogens is 405 g/mol. The zero-order chi connectivity index (χ0) is 19.2. The van der Waals surface area contributed by atoms with Crippen LogP contribution < -0.4 is 4.72 Å². The van der Waals surface area contributed by atoms with Crippen molar-refractivity contribution in [1.82, 2.24) is 9.55 Å². The van der Waals surface area contributed by atoms with Gasteiger partial charge in [-0.3, -0.25) is 0 Å². The summed E-state index contributed by atoms with van der Waals surface area (Å²) < 4.78 is 28.2. The van der Waals surface area contributed by atoms with Crippen LogP contribution in [0.1, 0.15) is 6.92 Å². The number of aryl methyl sites for hydroxylation is 1. The van der Waals surface area contributed by atoms with Crippen LogP contribution in [0.25, 0.3) is 21.8 Å². The van der Waals surface area contributed by atoms with E-state index in [4.69, 9.17) is 23.2 Å². The van der Waals surface area contributed by atoms with Crippen molar-refractivity contribution < 1.29 is 8.76 Å². The molecule has 0 saturated carbocycles. The molecule has 138 valence electrons.